The minimum absolute atomic E-state index is 0.163. The first kappa shape index (κ1) is 16.3. The lowest BCUT2D eigenvalue weighted by Gasteiger charge is -2.17. The van der Waals surface area contributed by atoms with E-state index in [1.807, 2.05) is 23.0 Å². The van der Waals surface area contributed by atoms with Gasteiger partial charge >= 0.3 is 0 Å². The van der Waals surface area contributed by atoms with Gasteiger partial charge in [0, 0.05) is 22.6 Å². The molecule has 0 radical (unpaired) electrons. The van der Waals surface area contributed by atoms with Gasteiger partial charge in [-0.05, 0) is 48.7 Å². The predicted molar refractivity (Wildman–Crippen MR) is 108 cm³/mol. The summed E-state index contributed by atoms with van der Waals surface area (Å²) in [7, 11) is 0. The summed E-state index contributed by atoms with van der Waals surface area (Å²) in [5.74, 6) is 0.289. The number of para-hydroxylation sites is 1. The van der Waals surface area contributed by atoms with E-state index in [1.54, 1.807) is 18.3 Å². The van der Waals surface area contributed by atoms with Gasteiger partial charge in [-0.1, -0.05) is 24.3 Å². The van der Waals surface area contributed by atoms with E-state index in [0.717, 1.165) is 35.0 Å². The number of hydrogen-bond donors (Lipinski definition) is 0. The van der Waals surface area contributed by atoms with E-state index in [1.165, 1.54) is 17.7 Å². The zero-order valence-electron chi connectivity index (χ0n) is 15.5. The van der Waals surface area contributed by atoms with Crippen LogP contribution in [0.3, 0.4) is 0 Å². The molecule has 0 amide bonds. The second-order valence-corrected chi connectivity index (χ2v) is 7.47. The van der Waals surface area contributed by atoms with Crippen LogP contribution in [0.1, 0.15) is 24.1 Å². The number of halogens is 1. The van der Waals surface area contributed by atoms with E-state index in [0.29, 0.717) is 11.5 Å². The summed E-state index contributed by atoms with van der Waals surface area (Å²) in [6.45, 7) is 0. The van der Waals surface area contributed by atoms with Gasteiger partial charge in [-0.2, -0.15) is 9.61 Å². The van der Waals surface area contributed by atoms with Gasteiger partial charge in [-0.25, -0.2) is 14.4 Å². The second-order valence-electron chi connectivity index (χ2n) is 7.47. The van der Waals surface area contributed by atoms with Crippen molar-refractivity contribution >= 4 is 16.7 Å². The Balaban J connectivity index is 1.54. The van der Waals surface area contributed by atoms with Gasteiger partial charge in [0.2, 0.25) is 0 Å². The second kappa shape index (κ2) is 5.91. The van der Waals surface area contributed by atoms with Gasteiger partial charge in [-0.15, -0.1) is 0 Å². The zero-order valence-corrected chi connectivity index (χ0v) is 15.5. The fourth-order valence-corrected chi connectivity index (χ4v) is 4.13. The normalized spacial score (nSPS) is 15.1. The predicted octanol–water partition coefficient (Wildman–Crippen LogP) is 4.56. The summed E-state index contributed by atoms with van der Waals surface area (Å²) in [4.78, 5) is 13.6. The Labute approximate surface area is 165 Å². The Morgan fingerprint density at radius 2 is 1.66 bits per heavy atom. The fraction of sp³-hybridized carbons (Fsp3) is 0.130. The van der Waals surface area contributed by atoms with Crippen LogP contribution in [0.15, 0.2) is 73.2 Å². The number of rotatable bonds is 3. The first-order valence-electron chi connectivity index (χ1n) is 9.56. The summed E-state index contributed by atoms with van der Waals surface area (Å²) >= 11 is 0. The van der Waals surface area contributed by atoms with Crippen LogP contribution < -0.4 is 0 Å². The first-order valence-corrected chi connectivity index (χ1v) is 9.56. The molecule has 1 fully saturated rings. The largest absolute Gasteiger partial charge is 0.256 e. The lowest BCUT2D eigenvalue weighted by Crippen LogP contribution is -2.14. The van der Waals surface area contributed by atoms with Crippen LogP contribution in [0.5, 0.6) is 0 Å². The molecule has 0 spiro atoms. The molecule has 3 aromatic heterocycles. The molecule has 0 N–H and O–H groups in total. The van der Waals surface area contributed by atoms with Gasteiger partial charge in [0.25, 0.3) is 5.78 Å². The van der Waals surface area contributed by atoms with Crippen LogP contribution in [-0.4, -0.2) is 24.6 Å². The number of imidazole rings is 1. The minimum atomic E-state index is -0.272. The van der Waals surface area contributed by atoms with Crippen molar-refractivity contribution in [1.82, 2.24) is 24.6 Å². The number of benzene rings is 2. The quantitative estimate of drug-likeness (QED) is 0.460. The van der Waals surface area contributed by atoms with Crippen LogP contribution >= 0.6 is 0 Å². The Morgan fingerprint density at radius 3 is 2.48 bits per heavy atom. The molecule has 1 aliphatic carbocycles. The van der Waals surface area contributed by atoms with Crippen molar-refractivity contribution in [3.05, 3.63) is 90.3 Å². The Hall–Kier alpha value is -3.67. The molecular formula is C23H16FN5. The molecule has 0 atom stereocenters. The maximum atomic E-state index is 13.3. The molecule has 5 aromatic rings. The van der Waals surface area contributed by atoms with Crippen LogP contribution in [-0.2, 0) is 5.41 Å². The van der Waals surface area contributed by atoms with Crippen LogP contribution in [0, 0.1) is 5.82 Å². The number of nitrogens with zero attached hydrogens (tertiary/aromatic N) is 5. The smallest absolute Gasteiger partial charge is 0.250 e. The first-order chi connectivity index (χ1) is 14.2. The highest BCUT2D eigenvalue weighted by Crippen LogP contribution is 2.54. The molecule has 29 heavy (non-hydrogen) atoms. The van der Waals surface area contributed by atoms with Gasteiger partial charge in [0.05, 0.1) is 23.6 Å². The third kappa shape index (κ3) is 2.45. The minimum Gasteiger partial charge on any atom is -0.256 e. The van der Waals surface area contributed by atoms with E-state index >= 15 is 0 Å². The standard InChI is InChI=1S/C23H16FN5/c24-17-8-6-15(7-9-17)19-13-26-22-27-14-20(29(22)28-19)23(10-11-23)18-5-1-3-16-4-2-12-25-21(16)18/h1-9,12-14H,10-11H2. The summed E-state index contributed by atoms with van der Waals surface area (Å²) in [6.07, 6.45) is 7.41. The molecule has 0 aliphatic heterocycles. The van der Waals surface area contributed by atoms with Gasteiger partial charge in [0.15, 0.2) is 0 Å². The van der Waals surface area contributed by atoms with Crippen molar-refractivity contribution in [1.29, 1.82) is 0 Å². The summed E-state index contributed by atoms with van der Waals surface area (Å²) in [5.41, 5.74) is 4.57. The number of fused-ring (bicyclic) bond motifs is 2. The average molecular weight is 381 g/mol. The lowest BCUT2D eigenvalue weighted by atomic mass is 9.90. The average Bonchev–Trinajstić information content (AvgIpc) is 3.45. The molecule has 0 saturated heterocycles. The van der Waals surface area contributed by atoms with Crippen molar-refractivity contribution in [3.63, 3.8) is 0 Å². The van der Waals surface area contributed by atoms with E-state index < -0.39 is 0 Å². The van der Waals surface area contributed by atoms with Crippen LogP contribution in [0.4, 0.5) is 4.39 Å². The molecule has 0 bridgehead atoms. The summed E-state index contributed by atoms with van der Waals surface area (Å²) in [6, 6.07) is 16.6. The van der Waals surface area contributed by atoms with Gasteiger partial charge in [-0.3, -0.25) is 4.98 Å². The molecule has 2 aromatic carbocycles. The van der Waals surface area contributed by atoms with E-state index in [4.69, 9.17) is 5.10 Å². The molecule has 140 valence electrons. The molecular weight excluding hydrogens is 365 g/mol. The highest BCUT2D eigenvalue weighted by molar-refractivity contribution is 5.84. The van der Waals surface area contributed by atoms with Crippen molar-refractivity contribution in [2.75, 3.05) is 0 Å². The zero-order chi connectivity index (χ0) is 19.4. The van der Waals surface area contributed by atoms with Crippen molar-refractivity contribution in [3.8, 4) is 11.3 Å². The fourth-order valence-electron chi connectivity index (χ4n) is 4.13. The third-order valence-electron chi connectivity index (χ3n) is 5.76. The number of pyridine rings is 1. The summed E-state index contributed by atoms with van der Waals surface area (Å²) in [5, 5.41) is 5.92. The SMILES string of the molecule is Fc1ccc(-c2cnc3ncc(C4(c5cccc6cccnc56)CC4)n3n2)cc1. The third-order valence-corrected chi connectivity index (χ3v) is 5.76. The molecule has 1 aliphatic rings. The van der Waals surface area contributed by atoms with Crippen molar-refractivity contribution < 1.29 is 4.39 Å². The van der Waals surface area contributed by atoms with E-state index in [-0.39, 0.29) is 11.2 Å². The Kier molecular flexibility index (Phi) is 3.32. The van der Waals surface area contributed by atoms with E-state index in [9.17, 15) is 4.39 Å². The Morgan fingerprint density at radius 1 is 0.862 bits per heavy atom. The Bertz CT molecular complexity index is 1360. The topological polar surface area (TPSA) is 56.0 Å². The van der Waals surface area contributed by atoms with Crippen LogP contribution in [0.25, 0.3) is 27.9 Å². The highest BCUT2D eigenvalue weighted by Gasteiger charge is 2.49. The maximum Gasteiger partial charge on any atom is 0.250 e. The molecule has 6 rings (SSSR count). The highest BCUT2D eigenvalue weighted by atomic mass is 19.1. The molecule has 1 saturated carbocycles. The molecule has 0 unspecified atom stereocenters. The van der Waals surface area contributed by atoms with Gasteiger partial charge < -0.3 is 0 Å². The van der Waals surface area contributed by atoms with E-state index in [2.05, 4.69) is 39.2 Å². The lowest BCUT2D eigenvalue weighted by molar-refractivity contribution is 0.628. The number of hydrogen-bond acceptors (Lipinski definition) is 4. The molecule has 3 heterocycles. The maximum absolute atomic E-state index is 13.3. The number of aromatic nitrogens is 5. The molecule has 6 heteroatoms. The van der Waals surface area contributed by atoms with Crippen molar-refractivity contribution in [2.24, 2.45) is 0 Å². The molecule has 5 nitrogen and oxygen atoms in total. The van der Waals surface area contributed by atoms with Gasteiger partial charge in [0.1, 0.15) is 11.5 Å². The summed E-state index contributed by atoms with van der Waals surface area (Å²) < 4.78 is 15.1. The van der Waals surface area contributed by atoms with Crippen molar-refractivity contribution in [2.45, 2.75) is 18.3 Å². The van der Waals surface area contributed by atoms with Crippen LogP contribution in [0.2, 0.25) is 0 Å². The monoisotopic (exact) mass is 381 g/mol.